The van der Waals surface area contributed by atoms with Crippen molar-refractivity contribution in [3.8, 4) is 0 Å². The highest BCUT2D eigenvalue weighted by atomic mass is 35.5. The van der Waals surface area contributed by atoms with Gasteiger partial charge in [0.25, 0.3) is 0 Å². The number of hydrogen-bond donors (Lipinski definition) is 1. The van der Waals surface area contributed by atoms with Gasteiger partial charge < -0.3 is 10.0 Å². The molecule has 1 N–H and O–H groups in total. The summed E-state index contributed by atoms with van der Waals surface area (Å²) >= 11 is 0. The van der Waals surface area contributed by atoms with Crippen molar-refractivity contribution in [1.29, 1.82) is 0 Å². The third-order valence-electron chi connectivity index (χ3n) is 1.92. The highest BCUT2D eigenvalue weighted by molar-refractivity contribution is 5.99. The van der Waals surface area contributed by atoms with Crippen LogP contribution in [0.1, 0.15) is 6.42 Å². The smallest absolute Gasteiger partial charge is 0.315 e. The van der Waals surface area contributed by atoms with Crippen molar-refractivity contribution in [1.82, 2.24) is 4.90 Å². The molecule has 5 heteroatoms. The number of carbonyl (C=O) groups excluding carboxylic acids is 1. The molecule has 1 aliphatic rings. The number of piperidine rings is 1. The number of carbonyl (C=O) groups is 2. The normalized spacial score (nSPS) is 24.8. The summed E-state index contributed by atoms with van der Waals surface area (Å²) in [6.45, 7) is 1.04. The van der Waals surface area contributed by atoms with Crippen LogP contribution in [0.25, 0.3) is 0 Å². The average Bonchev–Trinajstić information content (AvgIpc) is 1.94. The minimum Gasteiger partial charge on any atom is -0.481 e. The molecular formula is C7H12ClNO3. The third kappa shape index (κ3) is 2.46. The van der Waals surface area contributed by atoms with Gasteiger partial charge in [0.1, 0.15) is 11.7 Å². The minimum atomic E-state index is -0.999. The SMILES string of the molecule is CN1CCC(=O)C(C(=O)O)C1.Cl. The van der Waals surface area contributed by atoms with Gasteiger partial charge in [-0.3, -0.25) is 9.59 Å². The lowest BCUT2D eigenvalue weighted by Crippen LogP contribution is -2.42. The fourth-order valence-corrected chi connectivity index (χ4v) is 1.20. The Bertz CT molecular complexity index is 195. The number of likely N-dealkylation sites (tertiary alicyclic amines) is 1. The standard InChI is InChI=1S/C7H11NO3.ClH/c1-8-3-2-6(9)5(4-8)7(10)11;/h5H,2-4H2,1H3,(H,10,11);1H. The molecule has 0 aromatic carbocycles. The fraction of sp³-hybridized carbons (Fsp3) is 0.714. The van der Waals surface area contributed by atoms with Crippen molar-refractivity contribution < 1.29 is 14.7 Å². The van der Waals surface area contributed by atoms with Crippen LogP contribution in [0.5, 0.6) is 0 Å². The Morgan fingerprint density at radius 3 is 2.67 bits per heavy atom. The molecule has 0 bridgehead atoms. The molecular weight excluding hydrogens is 182 g/mol. The van der Waals surface area contributed by atoms with Crippen LogP contribution >= 0.6 is 12.4 Å². The zero-order valence-electron chi connectivity index (χ0n) is 6.82. The zero-order valence-corrected chi connectivity index (χ0v) is 7.63. The van der Waals surface area contributed by atoms with Crippen LogP contribution in [0.4, 0.5) is 0 Å². The van der Waals surface area contributed by atoms with Crippen LogP contribution in [0.2, 0.25) is 0 Å². The van der Waals surface area contributed by atoms with Gasteiger partial charge in [0.2, 0.25) is 0 Å². The summed E-state index contributed by atoms with van der Waals surface area (Å²) in [4.78, 5) is 23.3. The maximum absolute atomic E-state index is 11.0. The summed E-state index contributed by atoms with van der Waals surface area (Å²) in [5.41, 5.74) is 0. The zero-order chi connectivity index (χ0) is 8.43. The molecule has 70 valence electrons. The highest BCUT2D eigenvalue weighted by Gasteiger charge is 2.30. The van der Waals surface area contributed by atoms with Crippen molar-refractivity contribution in [3.05, 3.63) is 0 Å². The first kappa shape index (κ1) is 11.4. The van der Waals surface area contributed by atoms with E-state index in [9.17, 15) is 9.59 Å². The molecule has 1 heterocycles. The lowest BCUT2D eigenvalue weighted by molar-refractivity contribution is -0.148. The van der Waals surface area contributed by atoms with E-state index in [-0.39, 0.29) is 18.2 Å². The van der Waals surface area contributed by atoms with Crippen LogP contribution in [-0.4, -0.2) is 41.9 Å². The summed E-state index contributed by atoms with van der Waals surface area (Å²) in [7, 11) is 1.82. The highest BCUT2D eigenvalue weighted by Crippen LogP contribution is 2.10. The predicted molar refractivity (Wildman–Crippen MR) is 45.5 cm³/mol. The largest absolute Gasteiger partial charge is 0.481 e. The number of carboxylic acid groups (broad SMARTS) is 1. The van der Waals surface area contributed by atoms with Gasteiger partial charge in [-0.1, -0.05) is 0 Å². The molecule has 1 saturated heterocycles. The van der Waals surface area contributed by atoms with Crippen molar-refractivity contribution >= 4 is 24.2 Å². The van der Waals surface area contributed by atoms with E-state index in [1.54, 1.807) is 0 Å². The first-order valence-corrected chi connectivity index (χ1v) is 3.55. The summed E-state index contributed by atoms with van der Waals surface area (Å²) < 4.78 is 0. The van der Waals surface area contributed by atoms with E-state index in [2.05, 4.69) is 0 Å². The first-order chi connectivity index (χ1) is 5.11. The van der Waals surface area contributed by atoms with Gasteiger partial charge >= 0.3 is 5.97 Å². The van der Waals surface area contributed by atoms with Crippen LogP contribution in [0, 0.1) is 5.92 Å². The number of carboxylic acids is 1. The molecule has 0 saturated carbocycles. The van der Waals surface area contributed by atoms with E-state index in [1.807, 2.05) is 11.9 Å². The van der Waals surface area contributed by atoms with Gasteiger partial charge in [0.15, 0.2) is 0 Å². The Balaban J connectivity index is 0.00000121. The van der Waals surface area contributed by atoms with Crippen molar-refractivity contribution in [2.24, 2.45) is 5.92 Å². The number of halogens is 1. The molecule has 4 nitrogen and oxygen atoms in total. The number of nitrogens with zero attached hydrogens (tertiary/aromatic N) is 1. The van der Waals surface area contributed by atoms with Gasteiger partial charge in [-0.05, 0) is 7.05 Å². The topological polar surface area (TPSA) is 57.6 Å². The van der Waals surface area contributed by atoms with Gasteiger partial charge in [0.05, 0.1) is 0 Å². The minimum absolute atomic E-state index is 0. The Hall–Kier alpha value is -0.610. The molecule has 0 aromatic rings. The van der Waals surface area contributed by atoms with Crippen molar-refractivity contribution in [2.45, 2.75) is 6.42 Å². The summed E-state index contributed by atoms with van der Waals surface area (Å²) in [6.07, 6.45) is 0.369. The van der Waals surface area contributed by atoms with Gasteiger partial charge in [-0.15, -0.1) is 12.4 Å². The Morgan fingerprint density at radius 2 is 2.25 bits per heavy atom. The predicted octanol–water partition coefficient (Wildman–Crippen LogP) is 0.0136. The Kier molecular flexibility index (Phi) is 4.20. The van der Waals surface area contributed by atoms with Gasteiger partial charge in [-0.2, -0.15) is 0 Å². The number of ketones is 1. The lowest BCUT2D eigenvalue weighted by Gasteiger charge is -2.25. The Morgan fingerprint density at radius 1 is 1.67 bits per heavy atom. The van der Waals surface area contributed by atoms with E-state index in [0.29, 0.717) is 19.5 Å². The third-order valence-corrected chi connectivity index (χ3v) is 1.92. The molecule has 0 aliphatic carbocycles. The summed E-state index contributed by atoms with van der Waals surface area (Å²) in [5, 5.41) is 8.58. The van der Waals surface area contributed by atoms with E-state index < -0.39 is 11.9 Å². The molecule has 1 fully saturated rings. The van der Waals surface area contributed by atoms with Crippen LogP contribution in [0.15, 0.2) is 0 Å². The number of rotatable bonds is 1. The molecule has 0 spiro atoms. The molecule has 1 rings (SSSR count). The second-order valence-electron chi connectivity index (χ2n) is 2.87. The van der Waals surface area contributed by atoms with E-state index in [4.69, 9.17) is 5.11 Å². The maximum Gasteiger partial charge on any atom is 0.315 e. The quantitative estimate of drug-likeness (QED) is 0.597. The fourth-order valence-electron chi connectivity index (χ4n) is 1.20. The van der Waals surface area contributed by atoms with Crippen molar-refractivity contribution in [2.75, 3.05) is 20.1 Å². The second-order valence-corrected chi connectivity index (χ2v) is 2.87. The summed E-state index contributed by atoms with van der Waals surface area (Å²) in [5.74, 6) is -1.94. The van der Waals surface area contributed by atoms with Crippen LogP contribution in [-0.2, 0) is 9.59 Å². The van der Waals surface area contributed by atoms with E-state index in [1.165, 1.54) is 0 Å². The molecule has 0 amide bonds. The van der Waals surface area contributed by atoms with Gasteiger partial charge in [0, 0.05) is 19.5 Å². The number of Topliss-reactive ketones (excluding diaryl/α,β-unsaturated/α-hetero) is 1. The molecule has 1 atom stereocenters. The van der Waals surface area contributed by atoms with E-state index in [0.717, 1.165) is 0 Å². The van der Waals surface area contributed by atoms with Crippen LogP contribution in [0.3, 0.4) is 0 Å². The molecule has 0 aromatic heterocycles. The molecule has 1 unspecified atom stereocenters. The lowest BCUT2D eigenvalue weighted by atomic mass is 9.97. The molecule has 1 aliphatic heterocycles. The second kappa shape index (κ2) is 4.42. The molecule has 0 radical (unpaired) electrons. The first-order valence-electron chi connectivity index (χ1n) is 3.55. The monoisotopic (exact) mass is 193 g/mol. The van der Waals surface area contributed by atoms with Crippen LogP contribution < -0.4 is 0 Å². The van der Waals surface area contributed by atoms with E-state index >= 15 is 0 Å². The summed E-state index contributed by atoms with van der Waals surface area (Å²) in [6, 6.07) is 0. The van der Waals surface area contributed by atoms with Crippen molar-refractivity contribution in [3.63, 3.8) is 0 Å². The Labute approximate surface area is 77.0 Å². The number of aliphatic carboxylic acids is 1. The average molecular weight is 194 g/mol. The number of hydrogen-bond acceptors (Lipinski definition) is 3. The maximum atomic E-state index is 11.0. The molecule has 12 heavy (non-hydrogen) atoms. The van der Waals surface area contributed by atoms with Gasteiger partial charge in [-0.25, -0.2) is 0 Å².